The molecule has 100 valence electrons. The summed E-state index contributed by atoms with van der Waals surface area (Å²) in [5.41, 5.74) is 0. The molecule has 5 heteroatoms. The molecule has 2 rings (SSSR count). The Labute approximate surface area is 101 Å². The minimum atomic E-state index is -4.05. The SMILES string of the molecule is FC(F)(F)C1CCCCN1CC1CCNCC1. The van der Waals surface area contributed by atoms with E-state index < -0.39 is 12.2 Å². The van der Waals surface area contributed by atoms with Crippen molar-refractivity contribution in [1.29, 1.82) is 0 Å². The third-order valence-electron chi connectivity index (χ3n) is 3.94. The molecule has 1 atom stereocenters. The fraction of sp³-hybridized carbons (Fsp3) is 1.00. The van der Waals surface area contributed by atoms with Crippen LogP contribution in [0.2, 0.25) is 0 Å². The lowest BCUT2D eigenvalue weighted by molar-refractivity contribution is -0.192. The summed E-state index contributed by atoms with van der Waals surface area (Å²) in [5.74, 6) is 0.444. The summed E-state index contributed by atoms with van der Waals surface area (Å²) in [6, 6.07) is -1.19. The largest absolute Gasteiger partial charge is 0.404 e. The zero-order valence-corrected chi connectivity index (χ0v) is 10.1. The minimum Gasteiger partial charge on any atom is -0.317 e. The average molecular weight is 250 g/mol. The number of alkyl halides is 3. The molecule has 0 amide bonds. The Bertz CT molecular complexity index is 236. The van der Waals surface area contributed by atoms with Crippen molar-refractivity contribution >= 4 is 0 Å². The van der Waals surface area contributed by atoms with Gasteiger partial charge in [-0.05, 0) is 51.2 Å². The molecule has 0 spiro atoms. The molecule has 2 nitrogen and oxygen atoms in total. The van der Waals surface area contributed by atoms with Gasteiger partial charge in [0, 0.05) is 6.54 Å². The van der Waals surface area contributed by atoms with Crippen LogP contribution >= 0.6 is 0 Å². The van der Waals surface area contributed by atoms with E-state index in [1.165, 1.54) is 0 Å². The van der Waals surface area contributed by atoms with Gasteiger partial charge in [0.15, 0.2) is 0 Å². The highest BCUT2D eigenvalue weighted by Gasteiger charge is 2.44. The number of halogens is 3. The van der Waals surface area contributed by atoms with Gasteiger partial charge in [-0.15, -0.1) is 0 Å². The van der Waals surface area contributed by atoms with Gasteiger partial charge in [-0.3, -0.25) is 4.90 Å². The third kappa shape index (κ3) is 3.58. The third-order valence-corrected chi connectivity index (χ3v) is 3.94. The molecule has 0 radical (unpaired) electrons. The highest BCUT2D eigenvalue weighted by molar-refractivity contribution is 4.85. The van der Waals surface area contributed by atoms with Gasteiger partial charge < -0.3 is 5.32 Å². The second kappa shape index (κ2) is 5.57. The molecular formula is C12H21F3N2. The Morgan fingerprint density at radius 3 is 2.41 bits per heavy atom. The van der Waals surface area contributed by atoms with E-state index in [1.807, 2.05) is 0 Å². The highest BCUT2D eigenvalue weighted by atomic mass is 19.4. The predicted molar refractivity (Wildman–Crippen MR) is 60.9 cm³/mol. The van der Waals surface area contributed by atoms with E-state index in [9.17, 15) is 13.2 Å². The lowest BCUT2D eigenvalue weighted by atomic mass is 9.94. The summed E-state index contributed by atoms with van der Waals surface area (Å²) < 4.78 is 38.7. The molecule has 1 unspecified atom stereocenters. The first kappa shape index (κ1) is 13.1. The highest BCUT2D eigenvalue weighted by Crippen LogP contribution is 2.32. The average Bonchev–Trinajstić information content (AvgIpc) is 2.30. The number of likely N-dealkylation sites (tertiary alicyclic amines) is 1. The Morgan fingerprint density at radius 1 is 1.06 bits per heavy atom. The van der Waals surface area contributed by atoms with Crippen molar-refractivity contribution in [1.82, 2.24) is 10.2 Å². The van der Waals surface area contributed by atoms with Crippen molar-refractivity contribution in [2.75, 3.05) is 26.2 Å². The Kier molecular flexibility index (Phi) is 4.31. The molecule has 0 bridgehead atoms. The van der Waals surface area contributed by atoms with Crippen LogP contribution in [0.15, 0.2) is 0 Å². The molecule has 2 fully saturated rings. The maximum Gasteiger partial charge on any atom is 0.404 e. The van der Waals surface area contributed by atoms with Gasteiger partial charge in [-0.2, -0.15) is 13.2 Å². The number of hydrogen-bond donors (Lipinski definition) is 1. The monoisotopic (exact) mass is 250 g/mol. The number of piperidine rings is 2. The van der Waals surface area contributed by atoms with E-state index in [-0.39, 0.29) is 6.42 Å². The van der Waals surface area contributed by atoms with Gasteiger partial charge in [0.2, 0.25) is 0 Å². The van der Waals surface area contributed by atoms with E-state index in [2.05, 4.69) is 5.32 Å². The summed E-state index contributed by atoms with van der Waals surface area (Å²) in [4.78, 5) is 1.68. The minimum absolute atomic E-state index is 0.286. The first-order valence-corrected chi connectivity index (χ1v) is 6.59. The summed E-state index contributed by atoms with van der Waals surface area (Å²) in [6.07, 6.45) is -0.103. The zero-order chi connectivity index (χ0) is 12.3. The summed E-state index contributed by atoms with van der Waals surface area (Å²) in [6.45, 7) is 3.16. The van der Waals surface area contributed by atoms with Crippen LogP contribution in [0, 0.1) is 5.92 Å². The van der Waals surface area contributed by atoms with Crippen molar-refractivity contribution in [2.45, 2.75) is 44.3 Å². The van der Waals surface area contributed by atoms with Crippen LogP contribution in [-0.4, -0.2) is 43.3 Å². The number of nitrogens with one attached hydrogen (secondary N) is 1. The van der Waals surface area contributed by atoms with Crippen molar-refractivity contribution in [2.24, 2.45) is 5.92 Å². The van der Waals surface area contributed by atoms with Crippen LogP contribution in [0.25, 0.3) is 0 Å². The lowest BCUT2D eigenvalue weighted by Gasteiger charge is -2.39. The van der Waals surface area contributed by atoms with E-state index in [0.29, 0.717) is 25.4 Å². The maximum atomic E-state index is 12.9. The Hall–Kier alpha value is -0.290. The second-order valence-corrected chi connectivity index (χ2v) is 5.24. The van der Waals surface area contributed by atoms with Gasteiger partial charge in [0.25, 0.3) is 0 Å². The Balaban J connectivity index is 1.91. The van der Waals surface area contributed by atoms with Crippen LogP contribution < -0.4 is 5.32 Å². The van der Waals surface area contributed by atoms with Gasteiger partial charge in [-0.1, -0.05) is 6.42 Å². The van der Waals surface area contributed by atoms with E-state index in [1.54, 1.807) is 4.90 Å². The predicted octanol–water partition coefficient (Wildman–Crippen LogP) is 2.40. The quantitative estimate of drug-likeness (QED) is 0.809. The maximum absolute atomic E-state index is 12.9. The fourth-order valence-electron chi connectivity index (χ4n) is 2.98. The molecular weight excluding hydrogens is 229 g/mol. The summed E-state index contributed by atoms with van der Waals surface area (Å²) in [7, 11) is 0. The molecule has 2 heterocycles. The van der Waals surface area contributed by atoms with Crippen molar-refractivity contribution in [3.63, 3.8) is 0 Å². The molecule has 2 aliphatic heterocycles. The molecule has 0 aromatic carbocycles. The molecule has 1 N–H and O–H groups in total. The van der Waals surface area contributed by atoms with Gasteiger partial charge >= 0.3 is 6.18 Å². The van der Waals surface area contributed by atoms with E-state index >= 15 is 0 Å². The Morgan fingerprint density at radius 2 is 1.76 bits per heavy atom. The smallest absolute Gasteiger partial charge is 0.317 e. The number of nitrogens with zero attached hydrogens (tertiary/aromatic N) is 1. The summed E-state index contributed by atoms with van der Waals surface area (Å²) in [5, 5.41) is 3.25. The molecule has 2 saturated heterocycles. The molecule has 0 aliphatic carbocycles. The molecule has 0 aromatic rings. The standard InChI is InChI=1S/C12H21F3N2/c13-12(14,15)11-3-1-2-8-17(11)9-10-4-6-16-7-5-10/h10-11,16H,1-9H2. The van der Waals surface area contributed by atoms with E-state index in [0.717, 1.165) is 32.4 Å². The van der Waals surface area contributed by atoms with Crippen molar-refractivity contribution < 1.29 is 13.2 Å². The first-order chi connectivity index (χ1) is 8.07. The number of rotatable bonds is 2. The summed E-state index contributed by atoms with van der Waals surface area (Å²) >= 11 is 0. The lowest BCUT2D eigenvalue weighted by Crippen LogP contribution is -2.51. The normalized spacial score (nSPS) is 29.5. The van der Waals surface area contributed by atoms with Crippen molar-refractivity contribution in [3.05, 3.63) is 0 Å². The fourth-order valence-corrected chi connectivity index (χ4v) is 2.98. The van der Waals surface area contributed by atoms with Gasteiger partial charge in [-0.25, -0.2) is 0 Å². The molecule has 2 aliphatic rings. The van der Waals surface area contributed by atoms with Crippen LogP contribution in [0.4, 0.5) is 13.2 Å². The van der Waals surface area contributed by atoms with E-state index in [4.69, 9.17) is 0 Å². The van der Waals surface area contributed by atoms with Crippen LogP contribution in [0.1, 0.15) is 32.1 Å². The second-order valence-electron chi connectivity index (χ2n) is 5.24. The topological polar surface area (TPSA) is 15.3 Å². The van der Waals surface area contributed by atoms with Crippen LogP contribution in [0.3, 0.4) is 0 Å². The van der Waals surface area contributed by atoms with Gasteiger partial charge in [0.1, 0.15) is 6.04 Å². The molecule has 17 heavy (non-hydrogen) atoms. The first-order valence-electron chi connectivity index (χ1n) is 6.59. The van der Waals surface area contributed by atoms with Crippen molar-refractivity contribution in [3.8, 4) is 0 Å². The number of hydrogen-bond acceptors (Lipinski definition) is 2. The molecule has 0 saturated carbocycles. The van der Waals surface area contributed by atoms with Crippen LogP contribution in [0.5, 0.6) is 0 Å². The molecule has 0 aromatic heterocycles. The zero-order valence-electron chi connectivity index (χ0n) is 10.1. The van der Waals surface area contributed by atoms with Crippen LogP contribution in [-0.2, 0) is 0 Å². The van der Waals surface area contributed by atoms with Gasteiger partial charge in [0.05, 0.1) is 0 Å².